The lowest BCUT2D eigenvalue weighted by atomic mass is 9.94. The van der Waals surface area contributed by atoms with E-state index in [2.05, 4.69) is 5.32 Å². The molecule has 8 nitrogen and oxygen atoms in total. The summed E-state index contributed by atoms with van der Waals surface area (Å²) in [5.74, 6) is -2.44. The van der Waals surface area contributed by atoms with Crippen molar-refractivity contribution in [1.29, 1.82) is 0 Å². The Morgan fingerprint density at radius 2 is 1.57 bits per heavy atom. The Kier molecular flexibility index (Phi) is 5.30. The Morgan fingerprint density at radius 3 is 2.00 bits per heavy atom. The van der Waals surface area contributed by atoms with Crippen LogP contribution in [0.25, 0.3) is 0 Å². The van der Waals surface area contributed by atoms with Crippen LogP contribution in [0.5, 0.6) is 0 Å². The fraction of sp³-hybridized carbons (Fsp3) is 0.800. The van der Waals surface area contributed by atoms with Gasteiger partial charge in [-0.25, -0.2) is 14.4 Å². The monoisotopic (exact) mass is 330 g/mol. The maximum absolute atomic E-state index is 12.6. The topological polar surface area (TPSA) is 105 Å². The summed E-state index contributed by atoms with van der Waals surface area (Å²) in [7, 11) is 0. The summed E-state index contributed by atoms with van der Waals surface area (Å²) in [6, 6.07) is 0. The first-order valence-electron chi connectivity index (χ1n) is 7.48. The quantitative estimate of drug-likeness (QED) is 0.574. The van der Waals surface area contributed by atoms with Gasteiger partial charge in [-0.05, 0) is 41.5 Å². The van der Waals surface area contributed by atoms with Crippen LogP contribution < -0.4 is 5.32 Å². The highest BCUT2D eigenvalue weighted by Crippen LogP contribution is 2.25. The van der Waals surface area contributed by atoms with E-state index in [-0.39, 0.29) is 13.1 Å². The Labute approximate surface area is 136 Å². The number of hydrogen-bond acceptors (Lipinski definition) is 6. The summed E-state index contributed by atoms with van der Waals surface area (Å²) < 4.78 is 10.5. The van der Waals surface area contributed by atoms with Gasteiger partial charge < -0.3 is 19.9 Å². The van der Waals surface area contributed by atoms with Crippen LogP contribution >= 0.6 is 0 Å². The van der Waals surface area contributed by atoms with Crippen LogP contribution in [-0.2, 0) is 19.1 Å². The van der Waals surface area contributed by atoms with Crippen LogP contribution in [0.3, 0.4) is 0 Å². The first-order chi connectivity index (χ1) is 10.3. The Bertz CT molecular complexity index is 491. The van der Waals surface area contributed by atoms with Crippen molar-refractivity contribution in [2.45, 2.75) is 58.3 Å². The summed E-state index contributed by atoms with van der Waals surface area (Å²) in [5.41, 5.74) is -3.83. The van der Waals surface area contributed by atoms with Crippen LogP contribution in [0, 0.1) is 0 Å². The fourth-order valence-corrected chi connectivity index (χ4v) is 2.13. The number of amides is 1. The molecule has 1 fully saturated rings. The van der Waals surface area contributed by atoms with Gasteiger partial charge in [0.05, 0.1) is 0 Å². The maximum Gasteiger partial charge on any atom is 0.411 e. The average molecular weight is 330 g/mol. The largest absolute Gasteiger partial charge is 0.479 e. The number of carboxylic acids is 1. The molecule has 1 aliphatic rings. The fourth-order valence-electron chi connectivity index (χ4n) is 2.13. The van der Waals surface area contributed by atoms with Crippen molar-refractivity contribution in [3.63, 3.8) is 0 Å². The lowest BCUT2D eigenvalue weighted by Gasteiger charge is -2.43. The molecule has 0 aliphatic carbocycles. The Balaban J connectivity index is 3.21. The van der Waals surface area contributed by atoms with Gasteiger partial charge in [0, 0.05) is 19.6 Å². The zero-order valence-electron chi connectivity index (χ0n) is 14.6. The number of nitrogens with one attached hydrogen (secondary N) is 1. The molecular formula is C15H26N2O6. The number of aliphatic carboxylic acids is 1. The van der Waals surface area contributed by atoms with Gasteiger partial charge in [-0.1, -0.05) is 0 Å². The molecule has 1 heterocycles. The van der Waals surface area contributed by atoms with Gasteiger partial charge in [0.15, 0.2) is 0 Å². The van der Waals surface area contributed by atoms with Gasteiger partial charge in [-0.3, -0.25) is 4.90 Å². The first-order valence-corrected chi connectivity index (χ1v) is 7.48. The van der Waals surface area contributed by atoms with Crippen LogP contribution in [-0.4, -0.2) is 64.4 Å². The Morgan fingerprint density at radius 1 is 1.04 bits per heavy atom. The highest BCUT2D eigenvalue weighted by Gasteiger charge is 2.57. The molecule has 0 spiro atoms. The van der Waals surface area contributed by atoms with Crippen LogP contribution in [0.2, 0.25) is 0 Å². The summed E-state index contributed by atoms with van der Waals surface area (Å²) in [6.45, 7) is 10.1. The smallest absolute Gasteiger partial charge is 0.411 e. The second kappa shape index (κ2) is 6.35. The summed E-state index contributed by atoms with van der Waals surface area (Å²) in [4.78, 5) is 37.8. The van der Waals surface area contributed by atoms with Gasteiger partial charge in [-0.2, -0.15) is 0 Å². The molecule has 1 atom stereocenters. The third kappa shape index (κ3) is 4.57. The highest BCUT2D eigenvalue weighted by molar-refractivity contribution is 6.07. The molecule has 0 saturated carbocycles. The maximum atomic E-state index is 12.6. The van der Waals surface area contributed by atoms with E-state index < -0.39 is 34.8 Å². The third-order valence-electron chi connectivity index (χ3n) is 3.06. The van der Waals surface area contributed by atoms with Gasteiger partial charge in [0.1, 0.15) is 11.2 Å². The van der Waals surface area contributed by atoms with Gasteiger partial charge in [0.2, 0.25) is 0 Å². The molecule has 23 heavy (non-hydrogen) atoms. The summed E-state index contributed by atoms with van der Waals surface area (Å²) in [6.07, 6.45) is -0.854. The second-order valence-corrected chi connectivity index (χ2v) is 7.48. The molecule has 1 amide bonds. The number of piperazine rings is 1. The molecule has 0 aromatic carbocycles. The number of rotatable bonds is 2. The molecule has 1 saturated heterocycles. The van der Waals surface area contributed by atoms with E-state index in [1.165, 1.54) is 0 Å². The Hall–Kier alpha value is -1.83. The van der Waals surface area contributed by atoms with E-state index in [1.54, 1.807) is 41.5 Å². The van der Waals surface area contributed by atoms with Crippen molar-refractivity contribution in [2.75, 3.05) is 19.6 Å². The molecule has 0 radical (unpaired) electrons. The zero-order valence-corrected chi connectivity index (χ0v) is 14.6. The van der Waals surface area contributed by atoms with Crippen molar-refractivity contribution >= 4 is 18.0 Å². The van der Waals surface area contributed by atoms with Crippen LogP contribution in [0.1, 0.15) is 41.5 Å². The molecule has 1 unspecified atom stereocenters. The van der Waals surface area contributed by atoms with Gasteiger partial charge >= 0.3 is 18.0 Å². The van der Waals surface area contributed by atoms with Crippen molar-refractivity contribution < 1.29 is 29.0 Å². The minimum absolute atomic E-state index is 0.0282. The molecule has 0 bridgehead atoms. The van der Waals surface area contributed by atoms with Gasteiger partial charge in [0.25, 0.3) is 5.54 Å². The summed E-state index contributed by atoms with van der Waals surface area (Å²) in [5, 5.41) is 12.5. The molecule has 132 valence electrons. The van der Waals surface area contributed by atoms with Gasteiger partial charge in [-0.15, -0.1) is 0 Å². The molecule has 8 heteroatoms. The van der Waals surface area contributed by atoms with E-state index in [1.807, 2.05) is 0 Å². The van der Waals surface area contributed by atoms with Crippen molar-refractivity contribution in [3.8, 4) is 0 Å². The number of carbonyl (C=O) groups is 3. The predicted octanol–water partition coefficient (Wildman–Crippen LogP) is 0.992. The third-order valence-corrected chi connectivity index (χ3v) is 3.06. The highest BCUT2D eigenvalue weighted by atomic mass is 16.6. The lowest BCUT2D eigenvalue weighted by molar-refractivity contribution is -0.180. The zero-order chi connectivity index (χ0) is 18.1. The van der Waals surface area contributed by atoms with Crippen molar-refractivity contribution in [1.82, 2.24) is 10.2 Å². The van der Waals surface area contributed by atoms with Crippen LogP contribution in [0.15, 0.2) is 0 Å². The van der Waals surface area contributed by atoms with E-state index in [4.69, 9.17) is 9.47 Å². The number of nitrogens with zero attached hydrogens (tertiary/aromatic N) is 1. The van der Waals surface area contributed by atoms with E-state index in [0.717, 1.165) is 4.90 Å². The predicted molar refractivity (Wildman–Crippen MR) is 82.0 cm³/mol. The number of carbonyl (C=O) groups excluding carboxylic acids is 2. The molecule has 1 aliphatic heterocycles. The number of carboxylic acid groups (broad SMARTS) is 1. The first kappa shape index (κ1) is 19.2. The van der Waals surface area contributed by atoms with Crippen molar-refractivity contribution in [2.24, 2.45) is 0 Å². The lowest BCUT2D eigenvalue weighted by Crippen LogP contribution is -2.72. The minimum Gasteiger partial charge on any atom is -0.479 e. The summed E-state index contributed by atoms with van der Waals surface area (Å²) >= 11 is 0. The minimum atomic E-state index is -2.14. The molecular weight excluding hydrogens is 304 g/mol. The van der Waals surface area contributed by atoms with E-state index >= 15 is 0 Å². The SMILES string of the molecule is CC(C)(C)OC(=O)N1CCNCC1(C(=O)O)C(=O)OC(C)(C)C. The second-order valence-electron chi connectivity index (χ2n) is 7.48. The number of hydrogen-bond donors (Lipinski definition) is 2. The van der Waals surface area contributed by atoms with E-state index in [9.17, 15) is 19.5 Å². The molecule has 1 rings (SSSR count). The number of ether oxygens (including phenoxy) is 2. The normalized spacial score (nSPS) is 22.4. The van der Waals surface area contributed by atoms with Crippen molar-refractivity contribution in [3.05, 3.63) is 0 Å². The molecule has 0 aromatic heterocycles. The standard InChI is InChI=1S/C15H26N2O6/c1-13(2,3)22-11(20)15(10(18)19)9-16-7-8-17(15)12(21)23-14(4,5)6/h16H,7-9H2,1-6H3,(H,18,19). The average Bonchev–Trinajstić information content (AvgIpc) is 2.34. The molecule has 0 aromatic rings. The number of esters is 1. The van der Waals surface area contributed by atoms with Crippen LogP contribution in [0.4, 0.5) is 4.79 Å². The molecule has 2 N–H and O–H groups in total. The van der Waals surface area contributed by atoms with E-state index in [0.29, 0.717) is 6.54 Å².